The fourth-order valence-electron chi connectivity index (χ4n) is 14.9. The maximum atomic E-state index is 16.1. The van der Waals surface area contributed by atoms with Gasteiger partial charge in [0.15, 0.2) is 11.2 Å². The van der Waals surface area contributed by atoms with Crippen LogP contribution in [0.2, 0.25) is 0 Å². The lowest BCUT2D eigenvalue weighted by molar-refractivity contribution is -0.330. The number of rotatable bonds is 0. The third-order valence-electron chi connectivity index (χ3n) is 15.2. The number of fused-ring (bicyclic) bond motifs is 36. The van der Waals surface area contributed by atoms with Gasteiger partial charge in [-0.1, -0.05) is 0 Å². The van der Waals surface area contributed by atoms with E-state index in [4.69, 9.17) is 14.2 Å². The van der Waals surface area contributed by atoms with E-state index in [-0.39, 0.29) is 23.7 Å². The summed E-state index contributed by atoms with van der Waals surface area (Å²) in [6, 6.07) is 7.86. The predicted molar refractivity (Wildman–Crippen MR) is 167 cm³/mol. The van der Waals surface area contributed by atoms with Crippen molar-refractivity contribution < 1.29 is 40.6 Å². The Bertz CT molecular complexity index is 1630. The molecule has 47 heavy (non-hydrogen) atoms. The second-order valence-electron chi connectivity index (χ2n) is 16.0. The summed E-state index contributed by atoms with van der Waals surface area (Å²) in [5.74, 6) is -8.16. The van der Waals surface area contributed by atoms with Crippen molar-refractivity contribution in [1.82, 2.24) is 0 Å². The van der Waals surface area contributed by atoms with E-state index in [2.05, 4.69) is 63.7 Å². The first-order valence-corrected chi connectivity index (χ1v) is 19.5. The normalized spacial score (nSPS) is 53.9. The Morgan fingerprint density at radius 1 is 0.489 bits per heavy atom. The number of halogens is 10. The summed E-state index contributed by atoms with van der Waals surface area (Å²) in [4.78, 5) is 0. The molecule has 3 nitrogen and oxygen atoms in total. The SMILES string of the molecule is FC(F)(F)C12OC(C(F)(F)F)([C@@H]3[C@@H]4C[C@@H]([C@H]5[C@@H]4[C@@H]4O[C@H]5c5cc(Br)c(Br)cc54)[C@@H]31)[C@H]1[C@H]3C[C@H]([C@@H]4[C@H]3[C@H]3O[C@@H]4c4cc(Br)c(Br)cc43)[C@H]12. The van der Waals surface area contributed by atoms with E-state index in [0.29, 0.717) is 12.8 Å². The van der Waals surface area contributed by atoms with Crippen molar-refractivity contribution in [3.8, 4) is 0 Å². The van der Waals surface area contributed by atoms with Crippen molar-refractivity contribution in [1.29, 1.82) is 0 Å². The molecule has 6 heterocycles. The molecule has 6 aliphatic heterocycles. The Morgan fingerprint density at radius 2 is 0.745 bits per heavy atom. The van der Waals surface area contributed by atoms with Gasteiger partial charge in [0.1, 0.15) is 0 Å². The standard InChI is InChI=1S/C34H24Br4F6O3/c35-15-3-7-8(4-16(15)36)28-20-12-1-11(19(20)27(7)45-28)23-24(12)32(34(42,43)44)26-14-2-13(25(26)31(23,47-32)33(39,40)41)21-22(14)30-10-6-18(38)17(37)5-9(10)29(21)46-30/h3-6,11-14,19-30H,1-2H2/t11-,12+,13+,14-,19-,20+,21+,22-,23-,24+,25+,26-,27-,28+,29+,30-,31?,32?. The first-order chi connectivity index (χ1) is 22.2. The minimum Gasteiger partial charge on any atom is -0.365 e. The molecule has 10 bridgehead atoms. The van der Waals surface area contributed by atoms with E-state index >= 15 is 26.3 Å². The van der Waals surface area contributed by atoms with Crippen LogP contribution in [-0.4, -0.2) is 23.6 Å². The van der Waals surface area contributed by atoms with E-state index in [1.165, 1.54) is 0 Å². The number of benzene rings is 2. The zero-order valence-corrected chi connectivity index (χ0v) is 30.3. The lowest BCUT2D eigenvalue weighted by atomic mass is 9.45. The van der Waals surface area contributed by atoms with Gasteiger partial charge in [-0.25, -0.2) is 0 Å². The second kappa shape index (κ2) is 8.38. The van der Waals surface area contributed by atoms with Crippen molar-refractivity contribution in [2.45, 2.75) is 60.8 Å². The van der Waals surface area contributed by atoms with Gasteiger partial charge in [-0.15, -0.1) is 0 Å². The third kappa shape index (κ3) is 2.85. The molecule has 10 aliphatic rings. The average Bonchev–Trinajstić information content (AvgIpc) is 3.83. The molecule has 4 aliphatic carbocycles. The van der Waals surface area contributed by atoms with Crippen LogP contribution < -0.4 is 0 Å². The molecule has 12 rings (SSSR count). The van der Waals surface area contributed by atoms with E-state index in [0.717, 1.165) is 40.1 Å². The highest BCUT2D eigenvalue weighted by molar-refractivity contribution is 9.13. The summed E-state index contributed by atoms with van der Waals surface area (Å²) < 4.78 is 119. The average molecular weight is 914 g/mol. The maximum absolute atomic E-state index is 16.1. The highest BCUT2D eigenvalue weighted by Crippen LogP contribution is 2.89. The van der Waals surface area contributed by atoms with Gasteiger partial charge in [-0.05, 0) is 170 Å². The van der Waals surface area contributed by atoms with Crippen LogP contribution in [0.15, 0.2) is 42.2 Å². The largest absolute Gasteiger partial charge is 0.418 e. The quantitative estimate of drug-likeness (QED) is 0.247. The predicted octanol–water partition coefficient (Wildman–Crippen LogP) is 10.6. The molecule has 8 fully saturated rings. The van der Waals surface area contributed by atoms with Crippen LogP contribution in [-0.2, 0) is 14.2 Å². The molecule has 0 N–H and O–H groups in total. The summed E-state index contributed by atoms with van der Waals surface area (Å²) in [7, 11) is 0. The van der Waals surface area contributed by atoms with Gasteiger partial charge in [0.05, 0.1) is 24.4 Å². The van der Waals surface area contributed by atoms with Gasteiger partial charge in [-0.3, -0.25) is 0 Å². The maximum Gasteiger partial charge on any atom is 0.418 e. The van der Waals surface area contributed by atoms with Gasteiger partial charge in [0.25, 0.3) is 0 Å². The number of alkyl halides is 6. The zero-order chi connectivity index (χ0) is 32.2. The molecule has 0 radical (unpaired) electrons. The first-order valence-electron chi connectivity index (χ1n) is 16.3. The molecule has 248 valence electrons. The summed E-state index contributed by atoms with van der Waals surface area (Å²) in [5, 5.41) is 0. The molecule has 0 spiro atoms. The van der Waals surface area contributed by atoms with Gasteiger partial charge in [-0.2, -0.15) is 26.3 Å². The number of ether oxygens (including phenoxy) is 3. The zero-order valence-electron chi connectivity index (χ0n) is 24.0. The van der Waals surface area contributed by atoms with E-state index in [1.807, 2.05) is 24.3 Å². The lowest BCUT2D eigenvalue weighted by Gasteiger charge is -2.56. The van der Waals surface area contributed by atoms with Crippen LogP contribution in [0.3, 0.4) is 0 Å². The van der Waals surface area contributed by atoms with E-state index < -0.39 is 95.3 Å². The van der Waals surface area contributed by atoms with Crippen molar-refractivity contribution in [2.24, 2.45) is 71.0 Å². The molecule has 0 amide bonds. The number of hydrogen-bond acceptors (Lipinski definition) is 3. The molecular formula is C34H24Br4F6O3. The van der Waals surface area contributed by atoms with Crippen LogP contribution >= 0.6 is 63.7 Å². The molecule has 2 aromatic carbocycles. The fraction of sp³-hybridized carbons (Fsp3) is 0.647. The summed E-state index contributed by atoms with van der Waals surface area (Å²) in [6.45, 7) is 0. The fourth-order valence-corrected chi connectivity index (χ4v) is 16.3. The van der Waals surface area contributed by atoms with E-state index in [1.54, 1.807) is 0 Å². The highest BCUT2D eigenvalue weighted by atomic mass is 79.9. The van der Waals surface area contributed by atoms with Gasteiger partial charge < -0.3 is 14.2 Å². The Balaban J connectivity index is 1.04. The highest BCUT2D eigenvalue weighted by Gasteiger charge is 2.97. The topological polar surface area (TPSA) is 27.7 Å². The summed E-state index contributed by atoms with van der Waals surface area (Å²) in [5.41, 5.74) is -1.88. The summed E-state index contributed by atoms with van der Waals surface area (Å²) in [6.07, 6.45) is -10.8. The van der Waals surface area contributed by atoms with Crippen LogP contribution in [0, 0.1) is 71.0 Å². The Hall–Kier alpha value is -0.180. The molecule has 2 aromatic rings. The third-order valence-corrected chi connectivity index (χ3v) is 18.9. The van der Waals surface area contributed by atoms with Gasteiger partial charge >= 0.3 is 12.4 Å². The van der Waals surface area contributed by atoms with E-state index in [9.17, 15) is 0 Å². The van der Waals surface area contributed by atoms with Crippen LogP contribution in [0.25, 0.3) is 0 Å². The van der Waals surface area contributed by atoms with Crippen LogP contribution in [0.4, 0.5) is 26.3 Å². The smallest absolute Gasteiger partial charge is 0.365 e. The van der Waals surface area contributed by atoms with Crippen molar-refractivity contribution in [3.63, 3.8) is 0 Å². The number of hydrogen-bond donors (Lipinski definition) is 0. The van der Waals surface area contributed by atoms with Gasteiger partial charge in [0.2, 0.25) is 0 Å². The molecule has 4 saturated heterocycles. The minimum absolute atomic E-state index is 0.252. The Morgan fingerprint density at radius 3 is 0.979 bits per heavy atom. The molecule has 0 aromatic heterocycles. The molecule has 4 saturated carbocycles. The molecule has 18 atom stereocenters. The second-order valence-corrected chi connectivity index (χ2v) is 19.4. The van der Waals surface area contributed by atoms with Crippen molar-refractivity contribution in [3.05, 3.63) is 64.4 Å². The first kappa shape index (κ1) is 29.4. The molecule has 13 heteroatoms. The lowest BCUT2D eigenvalue weighted by Crippen LogP contribution is -2.66. The monoisotopic (exact) mass is 910 g/mol. The van der Waals surface area contributed by atoms with Crippen molar-refractivity contribution in [2.75, 3.05) is 0 Å². The van der Waals surface area contributed by atoms with Gasteiger partial charge in [0, 0.05) is 41.6 Å². The molecular weight excluding hydrogens is 890 g/mol. The molecule has 2 unspecified atom stereocenters. The van der Waals surface area contributed by atoms with Crippen molar-refractivity contribution >= 4 is 63.7 Å². The van der Waals surface area contributed by atoms with Crippen LogP contribution in [0.5, 0.6) is 0 Å². The van der Waals surface area contributed by atoms with Crippen LogP contribution in [0.1, 0.15) is 59.5 Å². The summed E-state index contributed by atoms with van der Waals surface area (Å²) >= 11 is 14.2. The minimum atomic E-state index is -4.95. The Labute approximate surface area is 298 Å². The Kier molecular flexibility index (Phi) is 5.24.